The molecular weight excluding hydrogens is 296 g/mol. The number of hydrogen-bond acceptors (Lipinski definition) is 3. The molecule has 1 aromatic carbocycles. The molecule has 3 heterocycles. The molecule has 1 aromatic heterocycles. The number of aromatic nitrogens is 1. The zero-order valence-corrected chi connectivity index (χ0v) is 12.6. The molecule has 1 atom stereocenters. The Hall–Kier alpha value is -2.43. The largest absolute Gasteiger partial charge is 0.366 e. The van der Waals surface area contributed by atoms with Gasteiger partial charge in [0.15, 0.2) is 5.82 Å². The number of fused-ring (bicyclic) bond motifs is 4. The van der Waals surface area contributed by atoms with Gasteiger partial charge in [-0.1, -0.05) is 24.8 Å². The number of alkyl halides is 2. The van der Waals surface area contributed by atoms with Crippen molar-refractivity contribution in [3.05, 3.63) is 54.6 Å². The van der Waals surface area contributed by atoms with Crippen LogP contribution < -0.4 is 10.2 Å². The summed E-state index contributed by atoms with van der Waals surface area (Å²) in [6.07, 6.45) is 1.77. The lowest BCUT2D eigenvalue weighted by Crippen LogP contribution is -2.32. The van der Waals surface area contributed by atoms with Gasteiger partial charge in [-0.3, -0.25) is 0 Å². The summed E-state index contributed by atoms with van der Waals surface area (Å²) in [4.78, 5) is 6.96. The molecule has 0 spiro atoms. The number of allylic oxidation sites excluding steroid dienone is 1. The van der Waals surface area contributed by atoms with E-state index in [1.165, 1.54) is 12.1 Å². The molecule has 0 saturated carbocycles. The van der Waals surface area contributed by atoms with E-state index in [4.69, 9.17) is 0 Å². The molecule has 0 aliphatic carbocycles. The van der Waals surface area contributed by atoms with Gasteiger partial charge in [0.2, 0.25) is 0 Å². The second-order valence-electron chi connectivity index (χ2n) is 6.05. The third-order valence-corrected chi connectivity index (χ3v) is 4.54. The quantitative estimate of drug-likeness (QED) is 0.867. The Labute approximate surface area is 133 Å². The highest BCUT2D eigenvalue weighted by atomic mass is 19.3. The fourth-order valence-electron chi connectivity index (χ4n) is 3.27. The molecule has 2 aromatic rings. The molecule has 0 amide bonds. The average molecular weight is 313 g/mol. The van der Waals surface area contributed by atoms with E-state index in [1.807, 2.05) is 12.1 Å². The zero-order valence-electron chi connectivity index (χ0n) is 12.6. The molecule has 3 nitrogen and oxygen atoms in total. The van der Waals surface area contributed by atoms with Crippen LogP contribution in [0.4, 0.5) is 20.3 Å². The summed E-state index contributed by atoms with van der Waals surface area (Å²) in [6, 6.07) is 10.7. The Morgan fingerprint density at radius 2 is 2.17 bits per heavy atom. The first-order chi connectivity index (χ1) is 11.1. The lowest BCUT2D eigenvalue weighted by Gasteiger charge is -2.28. The number of halogens is 2. The van der Waals surface area contributed by atoms with Gasteiger partial charge in [0, 0.05) is 30.3 Å². The van der Waals surface area contributed by atoms with Crippen molar-refractivity contribution >= 4 is 11.5 Å². The van der Waals surface area contributed by atoms with E-state index in [0.29, 0.717) is 23.4 Å². The van der Waals surface area contributed by atoms with Crippen LogP contribution in [0.2, 0.25) is 0 Å². The number of nitrogens with zero attached hydrogens (tertiary/aromatic N) is 2. The summed E-state index contributed by atoms with van der Waals surface area (Å²) in [7, 11) is 0. The van der Waals surface area contributed by atoms with Crippen molar-refractivity contribution in [3.8, 4) is 11.3 Å². The first-order valence-corrected chi connectivity index (χ1v) is 7.72. The maximum Gasteiger partial charge on any atom is 0.291 e. The minimum Gasteiger partial charge on any atom is -0.366 e. The molecule has 2 aliphatic rings. The van der Waals surface area contributed by atoms with E-state index in [0.717, 1.165) is 31.0 Å². The van der Waals surface area contributed by atoms with E-state index in [9.17, 15) is 8.78 Å². The van der Waals surface area contributed by atoms with Gasteiger partial charge in [-0.05, 0) is 30.7 Å². The smallest absolute Gasteiger partial charge is 0.291 e. The first kappa shape index (κ1) is 14.2. The summed E-state index contributed by atoms with van der Waals surface area (Å²) >= 11 is 0. The van der Waals surface area contributed by atoms with Gasteiger partial charge in [0.1, 0.15) is 0 Å². The van der Waals surface area contributed by atoms with Crippen LogP contribution in [0.15, 0.2) is 49.1 Å². The van der Waals surface area contributed by atoms with E-state index < -0.39 is 5.92 Å². The maximum absolute atomic E-state index is 13.8. The molecule has 0 radical (unpaired) electrons. The van der Waals surface area contributed by atoms with Crippen molar-refractivity contribution in [2.45, 2.75) is 18.4 Å². The van der Waals surface area contributed by atoms with Crippen LogP contribution >= 0.6 is 0 Å². The Balaban J connectivity index is 1.73. The standard InChI is InChI=1S/C18H17F2N3/c1-2-18(19,20)13-5-3-4-12(10-13)15-6-7-16-17(22-15)21-14-8-9-23(16)11-14/h2-7,10,14H,1,8-9,11H2,(H,21,22)/t14-/m0/s1. The second kappa shape index (κ2) is 5.05. The van der Waals surface area contributed by atoms with Crippen molar-refractivity contribution in [3.63, 3.8) is 0 Å². The highest BCUT2D eigenvalue weighted by Crippen LogP contribution is 2.37. The molecule has 2 bridgehead atoms. The zero-order chi connectivity index (χ0) is 16.0. The Bertz CT molecular complexity index is 773. The van der Waals surface area contributed by atoms with Crippen molar-refractivity contribution < 1.29 is 8.78 Å². The second-order valence-corrected chi connectivity index (χ2v) is 6.05. The topological polar surface area (TPSA) is 28.2 Å². The molecule has 118 valence electrons. The number of hydrogen-bond donors (Lipinski definition) is 1. The third kappa shape index (κ3) is 2.36. The van der Waals surface area contributed by atoms with Crippen LogP contribution in [-0.2, 0) is 5.92 Å². The van der Waals surface area contributed by atoms with Crippen LogP contribution in [0.1, 0.15) is 12.0 Å². The van der Waals surface area contributed by atoms with Crippen molar-refractivity contribution in [2.75, 3.05) is 23.3 Å². The van der Waals surface area contributed by atoms with Crippen molar-refractivity contribution in [1.82, 2.24) is 4.98 Å². The summed E-state index contributed by atoms with van der Waals surface area (Å²) in [5.41, 5.74) is 2.40. The predicted octanol–water partition coefficient (Wildman–Crippen LogP) is 4.03. The molecule has 1 fully saturated rings. The Morgan fingerprint density at radius 1 is 1.30 bits per heavy atom. The van der Waals surface area contributed by atoms with Crippen LogP contribution in [0.5, 0.6) is 0 Å². The van der Waals surface area contributed by atoms with Crippen molar-refractivity contribution in [1.29, 1.82) is 0 Å². The number of benzene rings is 1. The fourth-order valence-corrected chi connectivity index (χ4v) is 3.27. The highest BCUT2D eigenvalue weighted by molar-refractivity contribution is 5.74. The number of pyridine rings is 1. The lowest BCUT2D eigenvalue weighted by molar-refractivity contribution is 0.0526. The Kier molecular flexibility index (Phi) is 3.11. The van der Waals surface area contributed by atoms with Crippen LogP contribution in [-0.4, -0.2) is 24.1 Å². The minimum atomic E-state index is -3.03. The van der Waals surface area contributed by atoms with Crippen molar-refractivity contribution in [2.24, 2.45) is 0 Å². The van der Waals surface area contributed by atoms with Gasteiger partial charge in [-0.25, -0.2) is 4.98 Å². The van der Waals surface area contributed by atoms with E-state index in [1.54, 1.807) is 12.1 Å². The van der Waals surface area contributed by atoms with Gasteiger partial charge >= 0.3 is 0 Å². The predicted molar refractivity (Wildman–Crippen MR) is 88.0 cm³/mol. The minimum absolute atomic E-state index is 0.0682. The molecule has 2 aliphatic heterocycles. The van der Waals surface area contributed by atoms with Gasteiger partial charge in [0.25, 0.3) is 5.92 Å². The summed E-state index contributed by atoms with van der Waals surface area (Å²) < 4.78 is 27.6. The first-order valence-electron chi connectivity index (χ1n) is 7.72. The van der Waals surface area contributed by atoms with Crippen LogP contribution in [0.3, 0.4) is 0 Å². The molecule has 5 heteroatoms. The van der Waals surface area contributed by atoms with Gasteiger partial charge in [-0.15, -0.1) is 0 Å². The molecule has 1 N–H and O–H groups in total. The molecule has 0 unspecified atom stereocenters. The number of anilines is 2. The molecular formula is C18H17F2N3. The normalized spacial score (nSPS) is 19.2. The number of rotatable bonds is 3. The molecule has 4 rings (SSSR count). The van der Waals surface area contributed by atoms with E-state index in [-0.39, 0.29) is 5.56 Å². The SMILES string of the molecule is C=CC(F)(F)c1cccc(-c2ccc3c(n2)N[C@H]2CCN3C2)c1. The monoisotopic (exact) mass is 313 g/mol. The third-order valence-electron chi connectivity index (χ3n) is 4.54. The molecule has 1 saturated heterocycles. The number of nitrogens with one attached hydrogen (secondary N) is 1. The van der Waals surface area contributed by atoms with E-state index in [2.05, 4.69) is 21.8 Å². The van der Waals surface area contributed by atoms with Gasteiger partial charge in [-0.2, -0.15) is 8.78 Å². The maximum atomic E-state index is 13.8. The van der Waals surface area contributed by atoms with Crippen LogP contribution in [0, 0.1) is 0 Å². The van der Waals surface area contributed by atoms with Gasteiger partial charge < -0.3 is 10.2 Å². The van der Waals surface area contributed by atoms with Crippen LogP contribution in [0.25, 0.3) is 11.3 Å². The molecule has 23 heavy (non-hydrogen) atoms. The van der Waals surface area contributed by atoms with E-state index >= 15 is 0 Å². The fraction of sp³-hybridized carbons (Fsp3) is 0.278. The summed E-state index contributed by atoms with van der Waals surface area (Å²) in [6.45, 7) is 5.25. The average Bonchev–Trinajstić information content (AvgIpc) is 2.97. The summed E-state index contributed by atoms with van der Waals surface area (Å²) in [5, 5.41) is 3.44. The van der Waals surface area contributed by atoms with Gasteiger partial charge in [0.05, 0.1) is 11.4 Å². The highest BCUT2D eigenvalue weighted by Gasteiger charge is 2.31. The lowest BCUT2D eigenvalue weighted by atomic mass is 10.0. The Morgan fingerprint density at radius 3 is 3.00 bits per heavy atom. The summed E-state index contributed by atoms with van der Waals surface area (Å²) in [5.74, 6) is -2.19.